The third-order valence-electron chi connectivity index (χ3n) is 3.84. The summed E-state index contributed by atoms with van der Waals surface area (Å²) in [5, 5.41) is 0. The van der Waals surface area contributed by atoms with Crippen molar-refractivity contribution < 1.29 is 0 Å². The molecule has 0 unspecified atom stereocenters. The van der Waals surface area contributed by atoms with E-state index in [4.69, 9.17) is 0 Å². The van der Waals surface area contributed by atoms with Crippen LogP contribution in [0.1, 0.15) is 44.9 Å². The van der Waals surface area contributed by atoms with E-state index in [1.54, 1.807) is 0 Å². The molecule has 0 aromatic heterocycles. The molecule has 0 nitrogen and oxygen atoms in total. The van der Waals surface area contributed by atoms with E-state index in [9.17, 15) is 0 Å². The van der Waals surface area contributed by atoms with Crippen molar-refractivity contribution >= 4 is 12.6 Å². The molecular weight excluding hydrogens is 152 g/mol. The van der Waals surface area contributed by atoms with Gasteiger partial charge in [-0.15, -0.1) is 0 Å². The zero-order valence-electron chi connectivity index (χ0n) is 7.18. The van der Waals surface area contributed by atoms with Gasteiger partial charge < -0.3 is 0 Å². The van der Waals surface area contributed by atoms with Crippen molar-refractivity contribution in [2.24, 2.45) is 11.3 Å². The summed E-state index contributed by atoms with van der Waals surface area (Å²) in [6.07, 6.45) is 10.5. The second-order valence-electron chi connectivity index (χ2n) is 4.48. The molecule has 2 fully saturated rings. The Hall–Kier alpha value is 0.350. The normalized spacial score (nSPS) is 30.3. The molecule has 1 heteroatoms. The van der Waals surface area contributed by atoms with E-state index in [-0.39, 0.29) is 0 Å². The van der Waals surface area contributed by atoms with Crippen LogP contribution in [-0.2, 0) is 0 Å². The summed E-state index contributed by atoms with van der Waals surface area (Å²) in [6.45, 7) is 0. The number of rotatable bonds is 1. The van der Waals surface area contributed by atoms with Crippen molar-refractivity contribution in [3.63, 3.8) is 0 Å². The zero-order valence-corrected chi connectivity index (χ0v) is 8.08. The Labute approximate surface area is 75.2 Å². The molecule has 11 heavy (non-hydrogen) atoms. The van der Waals surface area contributed by atoms with Crippen LogP contribution >= 0.6 is 12.6 Å². The lowest BCUT2D eigenvalue weighted by molar-refractivity contribution is 0.0602. The summed E-state index contributed by atoms with van der Waals surface area (Å²) in [6, 6.07) is 0. The van der Waals surface area contributed by atoms with Gasteiger partial charge in [-0.3, -0.25) is 0 Å². The average molecular weight is 170 g/mol. The molecule has 0 amide bonds. The van der Waals surface area contributed by atoms with Crippen LogP contribution in [0.15, 0.2) is 0 Å². The Morgan fingerprint density at radius 1 is 1.09 bits per heavy atom. The van der Waals surface area contributed by atoms with Crippen LogP contribution < -0.4 is 0 Å². The van der Waals surface area contributed by atoms with Crippen molar-refractivity contribution in [1.82, 2.24) is 0 Å². The Kier molecular flexibility index (Phi) is 2.18. The van der Waals surface area contributed by atoms with Gasteiger partial charge >= 0.3 is 0 Å². The average Bonchev–Trinajstić information content (AvgIpc) is 2.02. The molecule has 0 aliphatic heterocycles. The highest BCUT2D eigenvalue weighted by molar-refractivity contribution is 7.80. The quantitative estimate of drug-likeness (QED) is 0.574. The maximum Gasteiger partial charge on any atom is -0.00695 e. The van der Waals surface area contributed by atoms with E-state index in [1.807, 2.05) is 0 Å². The van der Waals surface area contributed by atoms with Crippen LogP contribution in [0.25, 0.3) is 0 Å². The molecule has 0 bridgehead atoms. The Balaban J connectivity index is 1.84. The highest BCUT2D eigenvalue weighted by Gasteiger charge is 2.39. The minimum absolute atomic E-state index is 0.847. The van der Waals surface area contributed by atoms with Gasteiger partial charge in [0.15, 0.2) is 0 Å². The minimum Gasteiger partial charge on any atom is -0.179 e. The van der Waals surface area contributed by atoms with E-state index in [1.165, 1.54) is 44.9 Å². The second kappa shape index (κ2) is 3.01. The molecule has 0 aromatic rings. The molecule has 0 atom stereocenters. The number of hydrogen-bond acceptors (Lipinski definition) is 1. The van der Waals surface area contributed by atoms with E-state index < -0.39 is 0 Å². The van der Waals surface area contributed by atoms with Crippen molar-refractivity contribution in [2.75, 3.05) is 5.75 Å². The summed E-state index contributed by atoms with van der Waals surface area (Å²) in [4.78, 5) is 0. The SMILES string of the molecule is SCC1CCC2(CCC2)CC1. The molecule has 2 rings (SSSR count). The summed E-state index contributed by atoms with van der Waals surface area (Å²) >= 11 is 4.37. The van der Waals surface area contributed by atoms with Crippen molar-refractivity contribution in [1.29, 1.82) is 0 Å². The van der Waals surface area contributed by atoms with Crippen LogP contribution in [0.5, 0.6) is 0 Å². The standard InChI is InChI=1S/C10H18S/c11-8-9-2-6-10(7-3-9)4-1-5-10/h9,11H,1-8H2. The lowest BCUT2D eigenvalue weighted by Gasteiger charge is -2.46. The molecule has 0 saturated heterocycles. The van der Waals surface area contributed by atoms with Gasteiger partial charge in [-0.05, 0) is 55.6 Å². The second-order valence-corrected chi connectivity index (χ2v) is 4.84. The van der Waals surface area contributed by atoms with Gasteiger partial charge in [-0.2, -0.15) is 12.6 Å². The smallest absolute Gasteiger partial charge is 0.00695 e. The molecule has 1 spiro atoms. The fourth-order valence-corrected chi connectivity index (χ4v) is 3.01. The van der Waals surface area contributed by atoms with Gasteiger partial charge in [0, 0.05) is 0 Å². The molecular formula is C10H18S. The largest absolute Gasteiger partial charge is 0.179 e. The van der Waals surface area contributed by atoms with Crippen molar-refractivity contribution in [2.45, 2.75) is 44.9 Å². The lowest BCUT2D eigenvalue weighted by Crippen LogP contribution is -2.34. The number of hydrogen-bond donors (Lipinski definition) is 1. The summed E-state index contributed by atoms with van der Waals surface area (Å²) < 4.78 is 0. The van der Waals surface area contributed by atoms with Crippen LogP contribution in [0, 0.1) is 11.3 Å². The van der Waals surface area contributed by atoms with Gasteiger partial charge in [0.25, 0.3) is 0 Å². The minimum atomic E-state index is 0.847. The van der Waals surface area contributed by atoms with Crippen molar-refractivity contribution in [3.8, 4) is 0 Å². The fraction of sp³-hybridized carbons (Fsp3) is 1.00. The summed E-state index contributed by atoms with van der Waals surface area (Å²) in [5.41, 5.74) is 0.847. The fourth-order valence-electron chi connectivity index (χ4n) is 2.65. The first-order valence-electron chi connectivity index (χ1n) is 4.96. The van der Waals surface area contributed by atoms with Gasteiger partial charge in [0.2, 0.25) is 0 Å². The lowest BCUT2D eigenvalue weighted by atomic mass is 9.59. The molecule has 0 heterocycles. The molecule has 0 aromatic carbocycles. The maximum atomic E-state index is 4.37. The summed E-state index contributed by atoms with van der Waals surface area (Å²) in [5.74, 6) is 2.07. The van der Waals surface area contributed by atoms with Crippen LogP contribution in [0.2, 0.25) is 0 Å². The Bertz CT molecular complexity index is 128. The first-order chi connectivity index (χ1) is 5.35. The van der Waals surface area contributed by atoms with Gasteiger partial charge in [-0.25, -0.2) is 0 Å². The van der Waals surface area contributed by atoms with Crippen LogP contribution in [0.4, 0.5) is 0 Å². The molecule has 0 radical (unpaired) electrons. The first-order valence-corrected chi connectivity index (χ1v) is 5.59. The van der Waals surface area contributed by atoms with Gasteiger partial charge in [0.1, 0.15) is 0 Å². The predicted molar refractivity (Wildman–Crippen MR) is 52.1 cm³/mol. The zero-order chi connectivity index (χ0) is 7.73. The monoisotopic (exact) mass is 170 g/mol. The molecule has 2 saturated carbocycles. The Morgan fingerprint density at radius 2 is 1.73 bits per heavy atom. The molecule has 2 aliphatic rings. The van der Waals surface area contributed by atoms with Crippen molar-refractivity contribution in [3.05, 3.63) is 0 Å². The molecule has 2 aliphatic carbocycles. The Morgan fingerprint density at radius 3 is 2.09 bits per heavy atom. The van der Waals surface area contributed by atoms with Gasteiger partial charge in [-0.1, -0.05) is 6.42 Å². The third kappa shape index (κ3) is 1.44. The first kappa shape index (κ1) is 7.97. The molecule has 64 valence electrons. The third-order valence-corrected chi connectivity index (χ3v) is 4.35. The van der Waals surface area contributed by atoms with E-state index in [0.29, 0.717) is 0 Å². The van der Waals surface area contributed by atoms with Gasteiger partial charge in [0.05, 0.1) is 0 Å². The molecule has 0 N–H and O–H groups in total. The maximum absolute atomic E-state index is 4.37. The highest BCUT2D eigenvalue weighted by atomic mass is 32.1. The summed E-state index contributed by atoms with van der Waals surface area (Å²) in [7, 11) is 0. The number of thiol groups is 1. The van der Waals surface area contributed by atoms with E-state index in [0.717, 1.165) is 17.1 Å². The highest BCUT2D eigenvalue weighted by Crippen LogP contribution is 2.52. The topological polar surface area (TPSA) is 0 Å². The predicted octanol–water partition coefficient (Wildman–Crippen LogP) is 3.28. The van der Waals surface area contributed by atoms with Crippen LogP contribution in [0.3, 0.4) is 0 Å². The van der Waals surface area contributed by atoms with Crippen LogP contribution in [-0.4, -0.2) is 5.75 Å². The van der Waals surface area contributed by atoms with E-state index in [2.05, 4.69) is 12.6 Å². The van der Waals surface area contributed by atoms with E-state index >= 15 is 0 Å².